The molecule has 4 atom stereocenters. The Kier molecular flexibility index (Phi) is 4.40. The van der Waals surface area contributed by atoms with Gasteiger partial charge in [-0.3, -0.25) is 10.5 Å². The van der Waals surface area contributed by atoms with E-state index in [0.29, 0.717) is 0 Å². The number of hydrogen-bond acceptors (Lipinski definition) is 7. The van der Waals surface area contributed by atoms with E-state index in [1.54, 1.807) is 0 Å². The maximum absolute atomic E-state index is 10.1. The summed E-state index contributed by atoms with van der Waals surface area (Å²) >= 11 is 0. The van der Waals surface area contributed by atoms with Gasteiger partial charge in [-0.25, -0.2) is 0 Å². The summed E-state index contributed by atoms with van der Waals surface area (Å²) in [6, 6.07) is 0. The molecule has 0 aliphatic rings. The van der Waals surface area contributed by atoms with Gasteiger partial charge in [-0.05, 0) is 0 Å². The van der Waals surface area contributed by atoms with Crippen LogP contribution >= 0.6 is 0 Å². The number of aliphatic hydroxyl groups is 5. The normalized spacial score (nSPS) is 22.9. The lowest BCUT2D eigenvalue weighted by molar-refractivity contribution is -0.163. The molecule has 7 heteroatoms. The molecule has 13 heavy (non-hydrogen) atoms. The fraction of sp³-hybridized carbons (Fsp3) is 0.833. The highest BCUT2D eigenvalue weighted by molar-refractivity contribution is 5.62. The Morgan fingerprint density at radius 3 is 2.15 bits per heavy atom. The first kappa shape index (κ1) is 12.4. The van der Waals surface area contributed by atoms with Gasteiger partial charge in [-0.15, -0.1) is 0 Å². The third-order valence-electron chi connectivity index (χ3n) is 1.57. The molecule has 0 rings (SSSR count). The van der Waals surface area contributed by atoms with E-state index < -0.39 is 30.6 Å². The third-order valence-corrected chi connectivity index (χ3v) is 1.57. The van der Waals surface area contributed by atoms with Crippen LogP contribution in [-0.4, -0.2) is 62.5 Å². The molecular weight excluding hydrogens is 182 g/mol. The van der Waals surface area contributed by atoms with Crippen molar-refractivity contribution in [3.05, 3.63) is 0 Å². The van der Waals surface area contributed by atoms with Crippen LogP contribution in [0.1, 0.15) is 0 Å². The van der Waals surface area contributed by atoms with E-state index >= 15 is 0 Å². The molecule has 0 saturated heterocycles. The lowest BCUT2D eigenvalue weighted by Gasteiger charge is -2.28. The maximum atomic E-state index is 10.1. The standard InChI is InChI=1S/C6H13NO6/c7-6(13,2-9)5(12)4(11)3(10)1-8/h2-5,8,10-13H,1,7H2/t3-,4+,5-,6+/m1/s1. The maximum Gasteiger partial charge on any atom is 0.199 e. The molecule has 0 aromatic carbocycles. The first-order valence-corrected chi connectivity index (χ1v) is 3.49. The van der Waals surface area contributed by atoms with Crippen LogP contribution in [0.4, 0.5) is 0 Å². The van der Waals surface area contributed by atoms with E-state index in [2.05, 4.69) is 0 Å². The van der Waals surface area contributed by atoms with Crippen molar-refractivity contribution in [3.8, 4) is 0 Å². The molecule has 78 valence electrons. The van der Waals surface area contributed by atoms with E-state index in [0.717, 1.165) is 0 Å². The second-order valence-corrected chi connectivity index (χ2v) is 2.69. The van der Waals surface area contributed by atoms with Crippen LogP contribution in [0.5, 0.6) is 0 Å². The van der Waals surface area contributed by atoms with Crippen LogP contribution < -0.4 is 5.73 Å². The Labute approximate surface area is 74.0 Å². The van der Waals surface area contributed by atoms with Crippen LogP contribution in [0, 0.1) is 0 Å². The molecule has 0 aromatic heterocycles. The van der Waals surface area contributed by atoms with Crippen molar-refractivity contribution in [2.75, 3.05) is 6.61 Å². The highest BCUT2D eigenvalue weighted by Gasteiger charge is 2.39. The lowest BCUT2D eigenvalue weighted by atomic mass is 10.00. The van der Waals surface area contributed by atoms with Gasteiger partial charge >= 0.3 is 0 Å². The van der Waals surface area contributed by atoms with Gasteiger partial charge in [0.15, 0.2) is 12.0 Å². The van der Waals surface area contributed by atoms with Gasteiger partial charge in [-0.2, -0.15) is 0 Å². The fourth-order valence-corrected chi connectivity index (χ4v) is 0.662. The van der Waals surface area contributed by atoms with Crippen LogP contribution in [0.25, 0.3) is 0 Å². The molecule has 0 fully saturated rings. The molecule has 7 nitrogen and oxygen atoms in total. The number of aliphatic hydroxyl groups excluding tert-OH is 4. The van der Waals surface area contributed by atoms with Crippen LogP contribution in [0.2, 0.25) is 0 Å². The molecule has 0 saturated carbocycles. The van der Waals surface area contributed by atoms with E-state index in [9.17, 15) is 4.79 Å². The summed E-state index contributed by atoms with van der Waals surface area (Å²) in [5, 5.41) is 44.1. The van der Waals surface area contributed by atoms with E-state index in [1.807, 2.05) is 0 Å². The molecule has 0 aliphatic carbocycles. The second-order valence-electron chi connectivity index (χ2n) is 2.69. The smallest absolute Gasteiger partial charge is 0.199 e. The Morgan fingerprint density at radius 1 is 1.38 bits per heavy atom. The zero-order chi connectivity index (χ0) is 10.6. The Bertz CT molecular complexity index is 173. The summed E-state index contributed by atoms with van der Waals surface area (Å²) in [5.74, 6) is 0. The van der Waals surface area contributed by atoms with Gasteiger partial charge in [0.05, 0.1) is 6.61 Å². The number of carbonyl (C=O) groups excluding carboxylic acids is 1. The van der Waals surface area contributed by atoms with Crippen LogP contribution in [0.3, 0.4) is 0 Å². The first-order valence-electron chi connectivity index (χ1n) is 3.49. The van der Waals surface area contributed by atoms with Gasteiger partial charge in [-0.1, -0.05) is 0 Å². The van der Waals surface area contributed by atoms with E-state index in [4.69, 9.17) is 31.3 Å². The van der Waals surface area contributed by atoms with Crippen molar-refractivity contribution in [3.63, 3.8) is 0 Å². The predicted octanol–water partition coefficient (Wildman–Crippen LogP) is -4.09. The molecule has 0 amide bonds. The van der Waals surface area contributed by atoms with Crippen molar-refractivity contribution >= 4 is 6.29 Å². The number of rotatable bonds is 5. The predicted molar refractivity (Wildman–Crippen MR) is 40.3 cm³/mol. The van der Waals surface area contributed by atoms with E-state index in [-0.39, 0.29) is 6.29 Å². The van der Waals surface area contributed by atoms with Crippen molar-refractivity contribution in [2.45, 2.75) is 24.0 Å². The highest BCUT2D eigenvalue weighted by Crippen LogP contribution is 2.08. The Morgan fingerprint density at radius 2 is 1.85 bits per heavy atom. The first-order chi connectivity index (χ1) is 5.86. The zero-order valence-corrected chi connectivity index (χ0v) is 6.74. The van der Waals surface area contributed by atoms with Crippen molar-refractivity contribution in [1.29, 1.82) is 0 Å². The Balaban J connectivity index is 4.40. The summed E-state index contributed by atoms with van der Waals surface area (Å²) in [5.41, 5.74) is 2.19. The fourth-order valence-electron chi connectivity index (χ4n) is 0.662. The quantitative estimate of drug-likeness (QED) is 0.193. The second kappa shape index (κ2) is 4.61. The zero-order valence-electron chi connectivity index (χ0n) is 6.74. The van der Waals surface area contributed by atoms with Gasteiger partial charge in [0.25, 0.3) is 0 Å². The van der Waals surface area contributed by atoms with Gasteiger partial charge in [0.1, 0.15) is 18.3 Å². The molecule has 0 aliphatic heterocycles. The summed E-state index contributed by atoms with van der Waals surface area (Å²) in [6.07, 6.45) is -5.81. The van der Waals surface area contributed by atoms with E-state index in [1.165, 1.54) is 0 Å². The molecular formula is C6H13NO6. The minimum Gasteiger partial charge on any atom is -0.394 e. The third kappa shape index (κ3) is 2.99. The molecule has 0 spiro atoms. The van der Waals surface area contributed by atoms with Crippen molar-refractivity contribution in [2.24, 2.45) is 5.73 Å². The molecule has 0 heterocycles. The summed E-state index contributed by atoms with van der Waals surface area (Å²) in [4.78, 5) is 10.1. The SMILES string of the molecule is N[C@](O)(C=O)[C@H](O)[C@@H](O)[C@H](O)CO. The van der Waals surface area contributed by atoms with Gasteiger partial charge < -0.3 is 25.5 Å². The molecule has 0 unspecified atom stereocenters. The minimum atomic E-state index is -2.64. The monoisotopic (exact) mass is 195 g/mol. The van der Waals surface area contributed by atoms with Crippen molar-refractivity contribution in [1.82, 2.24) is 0 Å². The average molecular weight is 195 g/mol. The number of aldehydes is 1. The molecule has 0 aromatic rings. The summed E-state index contributed by atoms with van der Waals surface area (Å²) in [6.45, 7) is -0.826. The Hall–Kier alpha value is -0.570. The average Bonchev–Trinajstić information content (AvgIpc) is 2.14. The minimum absolute atomic E-state index is 0.176. The largest absolute Gasteiger partial charge is 0.394 e. The molecule has 7 N–H and O–H groups in total. The van der Waals surface area contributed by atoms with Crippen LogP contribution in [0.15, 0.2) is 0 Å². The summed E-state index contributed by atoms with van der Waals surface area (Å²) < 4.78 is 0. The highest BCUT2D eigenvalue weighted by atomic mass is 16.4. The topological polar surface area (TPSA) is 144 Å². The van der Waals surface area contributed by atoms with Gasteiger partial charge in [0, 0.05) is 0 Å². The van der Waals surface area contributed by atoms with Gasteiger partial charge in [0.2, 0.25) is 0 Å². The van der Waals surface area contributed by atoms with Crippen LogP contribution in [-0.2, 0) is 4.79 Å². The number of nitrogens with two attached hydrogens (primary N) is 1. The summed E-state index contributed by atoms with van der Waals surface area (Å²) in [7, 11) is 0. The lowest BCUT2D eigenvalue weighted by Crippen LogP contribution is -2.60. The van der Waals surface area contributed by atoms with Crippen molar-refractivity contribution < 1.29 is 30.3 Å². The number of hydrogen-bond donors (Lipinski definition) is 6. The molecule has 0 radical (unpaired) electrons. The molecule has 0 bridgehead atoms. The number of carbonyl (C=O) groups is 1.